The van der Waals surface area contributed by atoms with Gasteiger partial charge in [0.2, 0.25) is 11.5 Å². The Morgan fingerprint density at radius 2 is 1.74 bits per heavy atom. The largest absolute Gasteiger partial charge is 0.466 e. The third-order valence-corrected chi connectivity index (χ3v) is 4.11. The molecule has 3 N–H and O–H groups in total. The molecule has 0 aliphatic heterocycles. The molecule has 0 spiro atoms. The van der Waals surface area contributed by atoms with Crippen molar-refractivity contribution in [3.05, 3.63) is 57.4 Å². The van der Waals surface area contributed by atoms with Gasteiger partial charge in [-0.15, -0.1) is 0 Å². The van der Waals surface area contributed by atoms with Crippen molar-refractivity contribution in [3.63, 3.8) is 0 Å². The first-order valence-electron chi connectivity index (χ1n) is 8.03. The molecule has 2 heterocycles. The Morgan fingerprint density at radius 1 is 1.13 bits per heavy atom. The second kappa shape index (κ2) is 8.63. The average Bonchev–Trinajstić information content (AvgIpc) is 3.17. The molecule has 0 aliphatic rings. The van der Waals surface area contributed by atoms with Crippen molar-refractivity contribution >= 4 is 23.4 Å². The minimum Gasteiger partial charge on any atom is -0.466 e. The van der Waals surface area contributed by atoms with E-state index in [-0.39, 0.29) is 0 Å². The van der Waals surface area contributed by atoms with E-state index in [0.717, 1.165) is 18.4 Å². The van der Waals surface area contributed by atoms with Gasteiger partial charge < -0.3 is 14.1 Å². The van der Waals surface area contributed by atoms with Crippen LogP contribution in [0.1, 0.15) is 17.7 Å². The second-order valence-electron chi connectivity index (χ2n) is 6.12. The molecule has 2 aromatic heterocycles. The van der Waals surface area contributed by atoms with E-state index in [4.69, 9.17) is 11.6 Å². The molecule has 2 amide bonds. The Bertz CT molecular complexity index is 1020. The second-order valence-corrected chi connectivity index (χ2v) is 6.52. The van der Waals surface area contributed by atoms with Crippen LogP contribution in [-0.2, 0) is 27.9 Å². The molecule has 0 bridgehead atoms. The third kappa shape index (κ3) is 5.58. The highest BCUT2D eigenvalue weighted by Gasteiger charge is 2.58. The molecular weight excluding hydrogens is 464 g/mol. The van der Waals surface area contributed by atoms with E-state index >= 15 is 0 Å². The summed E-state index contributed by atoms with van der Waals surface area (Å²) in [4.78, 5) is 35.4. The molecule has 170 valence electrons. The van der Waals surface area contributed by atoms with Crippen LogP contribution in [0.15, 0.2) is 39.9 Å². The summed E-state index contributed by atoms with van der Waals surface area (Å²) in [6.07, 6.45) is -10.7. The predicted octanol–water partition coefficient (Wildman–Crippen LogP) is 2.10. The van der Waals surface area contributed by atoms with Crippen molar-refractivity contribution < 1.29 is 45.5 Å². The van der Waals surface area contributed by atoms with Crippen LogP contribution in [0, 0.1) is 0 Å². The molecule has 0 radical (unpaired) electrons. The first-order valence-corrected chi connectivity index (χ1v) is 8.41. The number of pyridine rings is 1. The number of carbonyl (C=O) groups excluding carboxylic acids is 2. The van der Waals surface area contributed by atoms with Crippen LogP contribution in [0.25, 0.3) is 0 Å². The number of hydrogen-bond acceptors (Lipinski definition) is 5. The fourth-order valence-corrected chi connectivity index (χ4v) is 2.55. The molecule has 0 saturated carbocycles. The van der Waals surface area contributed by atoms with Crippen molar-refractivity contribution in [2.45, 2.75) is 30.9 Å². The summed E-state index contributed by atoms with van der Waals surface area (Å²) >= 11 is 5.42. The zero-order valence-electron chi connectivity index (χ0n) is 15.0. The van der Waals surface area contributed by atoms with Crippen molar-refractivity contribution in [3.8, 4) is 0 Å². The molecule has 0 aliphatic carbocycles. The predicted molar refractivity (Wildman–Crippen MR) is 90.3 cm³/mol. The Kier molecular flexibility index (Phi) is 6.75. The average molecular weight is 476 g/mol. The monoisotopic (exact) mass is 475 g/mol. The van der Waals surface area contributed by atoms with Gasteiger partial charge in [-0.1, -0.05) is 11.6 Å². The quantitative estimate of drug-likeness (QED) is 0.453. The van der Waals surface area contributed by atoms with E-state index in [1.54, 1.807) is 10.9 Å². The highest BCUT2D eigenvalue weighted by molar-refractivity contribution is 6.30. The number of hydrazine groups is 1. The van der Waals surface area contributed by atoms with Gasteiger partial charge in [-0.25, -0.2) is 0 Å². The smallest absolute Gasteiger partial charge is 0.425 e. The molecule has 1 atom stereocenters. The summed E-state index contributed by atoms with van der Waals surface area (Å²) in [6, 6.07) is 2.18. The zero-order chi connectivity index (χ0) is 23.6. The van der Waals surface area contributed by atoms with E-state index in [1.807, 2.05) is 0 Å². The summed E-state index contributed by atoms with van der Waals surface area (Å²) in [6.45, 7) is -1.05. The standard InChI is InChI=1S/C16H12ClF6N3O5/c17-9-4-8(15(18,19)20)6-26(13(9)29)7-12(28)25-24-11(27)5-14(30,16(21,22)23)10-2-1-3-31-10/h1-4,6,30H,5,7H2,(H,24,27)(H,25,28). The van der Waals surface area contributed by atoms with E-state index in [9.17, 15) is 45.8 Å². The van der Waals surface area contributed by atoms with Crippen molar-refractivity contribution in [2.75, 3.05) is 0 Å². The zero-order valence-corrected chi connectivity index (χ0v) is 15.7. The number of alkyl halides is 6. The minimum absolute atomic E-state index is 0.293. The van der Waals surface area contributed by atoms with Crippen LogP contribution < -0.4 is 16.4 Å². The van der Waals surface area contributed by atoms with Gasteiger partial charge in [0.15, 0.2) is 0 Å². The lowest BCUT2D eigenvalue weighted by molar-refractivity contribution is -0.273. The van der Waals surface area contributed by atoms with Gasteiger partial charge in [-0.05, 0) is 18.2 Å². The molecule has 15 heteroatoms. The lowest BCUT2D eigenvalue weighted by atomic mass is 9.95. The van der Waals surface area contributed by atoms with Gasteiger partial charge in [0.25, 0.3) is 11.5 Å². The summed E-state index contributed by atoms with van der Waals surface area (Å²) < 4.78 is 82.8. The van der Waals surface area contributed by atoms with Crippen LogP contribution >= 0.6 is 11.6 Å². The van der Waals surface area contributed by atoms with E-state index < -0.39 is 64.6 Å². The molecule has 0 fully saturated rings. The van der Waals surface area contributed by atoms with Crippen LogP contribution in [0.2, 0.25) is 5.02 Å². The highest BCUT2D eigenvalue weighted by atomic mass is 35.5. The van der Waals surface area contributed by atoms with Crippen LogP contribution in [0.3, 0.4) is 0 Å². The molecular formula is C16H12ClF6N3O5. The first-order chi connectivity index (χ1) is 14.1. The lowest BCUT2D eigenvalue weighted by Crippen LogP contribution is -2.50. The number of rotatable bonds is 5. The van der Waals surface area contributed by atoms with Crippen LogP contribution in [0.5, 0.6) is 0 Å². The summed E-state index contributed by atoms with van der Waals surface area (Å²) in [7, 11) is 0. The van der Waals surface area contributed by atoms with Crippen molar-refractivity contribution in [1.82, 2.24) is 15.4 Å². The lowest BCUT2D eigenvalue weighted by Gasteiger charge is -2.27. The molecule has 1 unspecified atom stereocenters. The maximum absolute atomic E-state index is 13.2. The van der Waals surface area contributed by atoms with E-state index in [0.29, 0.717) is 16.8 Å². The Hall–Kier alpha value is -3.00. The number of aromatic nitrogens is 1. The number of furan rings is 1. The molecule has 2 aromatic rings. The summed E-state index contributed by atoms with van der Waals surface area (Å²) in [5.41, 5.74) is -3.01. The van der Waals surface area contributed by atoms with Crippen molar-refractivity contribution in [2.24, 2.45) is 0 Å². The highest BCUT2D eigenvalue weighted by Crippen LogP contribution is 2.41. The third-order valence-electron chi connectivity index (χ3n) is 3.84. The van der Waals surface area contributed by atoms with Crippen LogP contribution in [-0.4, -0.2) is 27.7 Å². The fraction of sp³-hybridized carbons (Fsp3) is 0.312. The van der Waals surface area contributed by atoms with Gasteiger partial charge in [-0.3, -0.25) is 25.2 Å². The normalized spacial score (nSPS) is 14.1. The number of carbonyl (C=O) groups is 2. The fourth-order valence-electron chi connectivity index (χ4n) is 2.32. The molecule has 31 heavy (non-hydrogen) atoms. The number of nitrogens with one attached hydrogen (secondary N) is 2. The molecule has 0 saturated heterocycles. The maximum Gasteiger partial charge on any atom is 0.425 e. The Balaban J connectivity index is 2.07. The van der Waals surface area contributed by atoms with E-state index in [2.05, 4.69) is 4.42 Å². The number of halogens is 7. The SMILES string of the molecule is O=C(Cn1cc(C(F)(F)F)cc(Cl)c1=O)NNC(=O)CC(O)(c1ccco1)C(F)(F)F. The molecule has 2 rings (SSSR count). The first kappa shape index (κ1) is 24.3. The topological polar surface area (TPSA) is 114 Å². The molecule has 8 nitrogen and oxygen atoms in total. The van der Waals surface area contributed by atoms with Crippen molar-refractivity contribution in [1.29, 1.82) is 0 Å². The van der Waals surface area contributed by atoms with Gasteiger partial charge in [0.05, 0.1) is 18.2 Å². The van der Waals surface area contributed by atoms with Gasteiger partial charge in [0.1, 0.15) is 17.3 Å². The molecule has 0 aromatic carbocycles. The van der Waals surface area contributed by atoms with E-state index in [1.165, 1.54) is 0 Å². The number of aliphatic hydroxyl groups is 1. The van der Waals surface area contributed by atoms with Gasteiger partial charge >= 0.3 is 12.4 Å². The Morgan fingerprint density at radius 3 is 2.26 bits per heavy atom. The number of nitrogens with zero attached hydrogens (tertiary/aromatic N) is 1. The summed E-state index contributed by atoms with van der Waals surface area (Å²) in [5, 5.41) is 9.06. The maximum atomic E-state index is 13.2. The van der Waals surface area contributed by atoms with Crippen LogP contribution in [0.4, 0.5) is 26.3 Å². The van der Waals surface area contributed by atoms with Gasteiger partial charge in [0, 0.05) is 6.20 Å². The Labute approximate surface area is 173 Å². The number of amides is 2. The number of hydrogen-bond donors (Lipinski definition) is 3. The van der Waals surface area contributed by atoms with Gasteiger partial charge in [-0.2, -0.15) is 26.3 Å². The minimum atomic E-state index is -5.33. The summed E-state index contributed by atoms with van der Waals surface area (Å²) in [5.74, 6) is -3.76.